The number of aromatic nitrogens is 1. The Hall–Kier alpha value is -1.39. The molecule has 2 aromatic rings. The number of ether oxygens (including phenoxy) is 1. The van der Waals surface area contributed by atoms with Gasteiger partial charge in [0.15, 0.2) is 0 Å². The molecule has 2 rings (SSSR count). The Morgan fingerprint density at radius 2 is 2.29 bits per heavy atom. The van der Waals surface area contributed by atoms with Crippen molar-refractivity contribution in [2.45, 2.75) is 19.4 Å². The molecule has 0 radical (unpaired) electrons. The van der Waals surface area contributed by atoms with E-state index in [0.29, 0.717) is 0 Å². The molecule has 0 bridgehead atoms. The molecule has 17 heavy (non-hydrogen) atoms. The Labute approximate surface area is 105 Å². The van der Waals surface area contributed by atoms with E-state index in [-0.39, 0.29) is 6.10 Å². The van der Waals surface area contributed by atoms with Crippen LogP contribution in [-0.2, 0) is 11.2 Å². The largest absolute Gasteiger partial charge is 0.399 e. The van der Waals surface area contributed by atoms with Gasteiger partial charge < -0.3 is 10.5 Å². The van der Waals surface area contributed by atoms with E-state index in [1.807, 2.05) is 31.2 Å². The van der Waals surface area contributed by atoms with Crippen molar-refractivity contribution in [3.05, 3.63) is 34.7 Å². The van der Waals surface area contributed by atoms with E-state index in [0.717, 1.165) is 28.4 Å². The Balaban J connectivity index is 2.18. The van der Waals surface area contributed by atoms with Crippen LogP contribution in [0.25, 0.3) is 11.3 Å². The molecule has 2 N–H and O–H groups in total. The third-order valence-corrected chi connectivity index (χ3v) is 3.47. The van der Waals surface area contributed by atoms with Gasteiger partial charge in [0.1, 0.15) is 0 Å². The lowest BCUT2D eigenvalue weighted by Crippen LogP contribution is -2.08. The van der Waals surface area contributed by atoms with Gasteiger partial charge in [-0.1, -0.05) is 12.1 Å². The number of anilines is 1. The number of thiazole rings is 1. The number of nitrogens with two attached hydrogens (primary N) is 1. The van der Waals surface area contributed by atoms with Crippen molar-refractivity contribution in [2.75, 3.05) is 12.8 Å². The van der Waals surface area contributed by atoms with Crippen LogP contribution in [0, 0.1) is 0 Å². The third kappa shape index (κ3) is 3.05. The molecule has 0 fully saturated rings. The fourth-order valence-electron chi connectivity index (χ4n) is 1.56. The fourth-order valence-corrected chi connectivity index (χ4v) is 2.48. The van der Waals surface area contributed by atoms with Crippen LogP contribution >= 0.6 is 11.3 Å². The number of rotatable bonds is 4. The molecule has 1 atom stereocenters. The fraction of sp³-hybridized carbons (Fsp3) is 0.308. The quantitative estimate of drug-likeness (QED) is 0.846. The van der Waals surface area contributed by atoms with Gasteiger partial charge in [0, 0.05) is 30.2 Å². The first-order valence-corrected chi connectivity index (χ1v) is 6.40. The molecule has 4 heteroatoms. The van der Waals surface area contributed by atoms with Gasteiger partial charge in [-0.05, 0) is 19.1 Å². The number of nitrogen functional groups attached to an aromatic ring is 1. The second-order valence-corrected chi connectivity index (χ2v) is 4.95. The molecule has 1 unspecified atom stereocenters. The van der Waals surface area contributed by atoms with Crippen molar-refractivity contribution < 1.29 is 4.74 Å². The van der Waals surface area contributed by atoms with Crippen molar-refractivity contribution in [1.82, 2.24) is 4.98 Å². The van der Waals surface area contributed by atoms with Crippen molar-refractivity contribution >= 4 is 17.0 Å². The summed E-state index contributed by atoms with van der Waals surface area (Å²) >= 11 is 1.66. The summed E-state index contributed by atoms with van der Waals surface area (Å²) in [6.45, 7) is 2.04. The van der Waals surface area contributed by atoms with Crippen LogP contribution in [0.15, 0.2) is 29.6 Å². The molecule has 1 heterocycles. The molecule has 90 valence electrons. The van der Waals surface area contributed by atoms with Crippen LogP contribution in [0.5, 0.6) is 0 Å². The second-order valence-electron chi connectivity index (χ2n) is 4.00. The van der Waals surface area contributed by atoms with E-state index in [1.165, 1.54) is 0 Å². The number of benzene rings is 1. The summed E-state index contributed by atoms with van der Waals surface area (Å²) in [5, 5.41) is 3.16. The predicted octanol–water partition coefficient (Wildman–Crippen LogP) is 2.97. The summed E-state index contributed by atoms with van der Waals surface area (Å²) in [4.78, 5) is 4.59. The molecule has 1 aromatic carbocycles. The van der Waals surface area contributed by atoms with Crippen LogP contribution < -0.4 is 5.73 Å². The zero-order chi connectivity index (χ0) is 12.3. The molecule has 0 aliphatic rings. The maximum Gasteiger partial charge on any atom is 0.0958 e. The SMILES string of the molecule is COC(C)Cc1nc(-c2cccc(N)c2)cs1. The lowest BCUT2D eigenvalue weighted by atomic mass is 10.1. The van der Waals surface area contributed by atoms with Gasteiger partial charge >= 0.3 is 0 Å². The third-order valence-electron chi connectivity index (χ3n) is 2.60. The number of hydrogen-bond acceptors (Lipinski definition) is 4. The van der Waals surface area contributed by atoms with Crippen molar-refractivity contribution in [1.29, 1.82) is 0 Å². The van der Waals surface area contributed by atoms with Gasteiger partial charge in [0.2, 0.25) is 0 Å². The van der Waals surface area contributed by atoms with Crippen molar-refractivity contribution in [2.24, 2.45) is 0 Å². The van der Waals surface area contributed by atoms with Crippen LogP contribution in [0.2, 0.25) is 0 Å². The Morgan fingerprint density at radius 1 is 1.47 bits per heavy atom. The molecule has 0 saturated heterocycles. The molecule has 0 spiro atoms. The molecule has 0 saturated carbocycles. The van der Waals surface area contributed by atoms with Gasteiger partial charge in [0.25, 0.3) is 0 Å². The summed E-state index contributed by atoms with van der Waals surface area (Å²) in [6, 6.07) is 7.79. The van der Waals surface area contributed by atoms with Crippen molar-refractivity contribution in [3.63, 3.8) is 0 Å². The summed E-state index contributed by atoms with van der Waals surface area (Å²) in [7, 11) is 1.72. The minimum atomic E-state index is 0.204. The average Bonchev–Trinajstić information content (AvgIpc) is 2.77. The van der Waals surface area contributed by atoms with E-state index in [1.54, 1.807) is 18.4 Å². The standard InChI is InChI=1S/C13H16N2OS/c1-9(16-2)6-13-15-12(8-17-13)10-4-3-5-11(14)7-10/h3-5,7-9H,6,14H2,1-2H3. The van der Waals surface area contributed by atoms with E-state index in [4.69, 9.17) is 10.5 Å². The monoisotopic (exact) mass is 248 g/mol. The Bertz CT molecular complexity index is 496. The highest BCUT2D eigenvalue weighted by molar-refractivity contribution is 7.09. The van der Waals surface area contributed by atoms with Gasteiger partial charge in [0.05, 0.1) is 16.8 Å². The van der Waals surface area contributed by atoms with E-state index in [2.05, 4.69) is 10.4 Å². The normalized spacial score (nSPS) is 12.6. The second kappa shape index (κ2) is 5.29. The highest BCUT2D eigenvalue weighted by atomic mass is 32.1. The Morgan fingerprint density at radius 3 is 3.00 bits per heavy atom. The number of hydrogen-bond donors (Lipinski definition) is 1. The lowest BCUT2D eigenvalue weighted by molar-refractivity contribution is 0.119. The first-order chi connectivity index (χ1) is 8.19. The van der Waals surface area contributed by atoms with Crippen LogP contribution in [0.4, 0.5) is 5.69 Å². The van der Waals surface area contributed by atoms with Gasteiger partial charge in [-0.2, -0.15) is 0 Å². The summed E-state index contributed by atoms with van der Waals surface area (Å²) in [6.07, 6.45) is 1.05. The maximum atomic E-state index is 5.76. The first-order valence-electron chi connectivity index (χ1n) is 5.52. The topological polar surface area (TPSA) is 48.1 Å². The lowest BCUT2D eigenvalue weighted by Gasteiger charge is -2.05. The molecule has 0 aliphatic heterocycles. The molecular weight excluding hydrogens is 232 g/mol. The average molecular weight is 248 g/mol. The number of nitrogens with zero attached hydrogens (tertiary/aromatic N) is 1. The van der Waals surface area contributed by atoms with Crippen LogP contribution in [-0.4, -0.2) is 18.2 Å². The van der Waals surface area contributed by atoms with Crippen LogP contribution in [0.1, 0.15) is 11.9 Å². The first kappa shape index (κ1) is 12.1. The highest BCUT2D eigenvalue weighted by Gasteiger charge is 2.08. The zero-order valence-corrected chi connectivity index (χ0v) is 10.8. The number of methoxy groups -OCH3 is 1. The van der Waals surface area contributed by atoms with E-state index >= 15 is 0 Å². The molecule has 3 nitrogen and oxygen atoms in total. The minimum absolute atomic E-state index is 0.204. The van der Waals surface area contributed by atoms with Crippen LogP contribution in [0.3, 0.4) is 0 Å². The Kier molecular flexibility index (Phi) is 3.76. The summed E-state index contributed by atoms with van der Waals surface area (Å²) in [5.41, 5.74) is 8.58. The predicted molar refractivity (Wildman–Crippen MR) is 72.1 cm³/mol. The molecule has 0 amide bonds. The van der Waals surface area contributed by atoms with Gasteiger partial charge in [-0.3, -0.25) is 0 Å². The minimum Gasteiger partial charge on any atom is -0.399 e. The van der Waals surface area contributed by atoms with Gasteiger partial charge in [-0.15, -0.1) is 11.3 Å². The zero-order valence-electron chi connectivity index (χ0n) is 10.0. The smallest absolute Gasteiger partial charge is 0.0958 e. The molecular formula is C13H16N2OS. The summed E-state index contributed by atoms with van der Waals surface area (Å²) in [5.74, 6) is 0. The highest BCUT2D eigenvalue weighted by Crippen LogP contribution is 2.24. The van der Waals surface area contributed by atoms with Gasteiger partial charge in [-0.25, -0.2) is 4.98 Å². The molecule has 0 aliphatic carbocycles. The van der Waals surface area contributed by atoms with Crippen molar-refractivity contribution in [3.8, 4) is 11.3 Å². The van der Waals surface area contributed by atoms with E-state index < -0.39 is 0 Å². The maximum absolute atomic E-state index is 5.76. The van der Waals surface area contributed by atoms with E-state index in [9.17, 15) is 0 Å². The molecule has 1 aromatic heterocycles. The summed E-state index contributed by atoms with van der Waals surface area (Å²) < 4.78 is 5.23.